The number of pyridine rings is 1. The standard InChI is InChI=1S/C14H13F3N2O/c1-20-7-6-9-4-2-3-5-12(9)18-14-11(16)8-10(15)13(17)19-14/h2-5,8H,6-7H2,1H3,(H,18,19). The van der Waals surface area contributed by atoms with Crippen LogP contribution in [0.2, 0.25) is 0 Å². The molecule has 0 fully saturated rings. The first kappa shape index (κ1) is 14.3. The van der Waals surface area contributed by atoms with Gasteiger partial charge in [0.2, 0.25) is 0 Å². The molecule has 106 valence electrons. The Labute approximate surface area is 114 Å². The zero-order valence-electron chi connectivity index (χ0n) is 10.8. The van der Waals surface area contributed by atoms with Gasteiger partial charge in [-0.1, -0.05) is 18.2 Å². The molecule has 1 heterocycles. The van der Waals surface area contributed by atoms with Crippen LogP contribution in [-0.2, 0) is 11.2 Å². The van der Waals surface area contributed by atoms with Gasteiger partial charge in [0, 0.05) is 18.9 Å². The molecule has 0 unspecified atom stereocenters. The maximum absolute atomic E-state index is 13.5. The fraction of sp³-hybridized carbons (Fsp3) is 0.214. The van der Waals surface area contributed by atoms with Crippen LogP contribution < -0.4 is 5.32 Å². The minimum atomic E-state index is -1.34. The number of benzene rings is 1. The second-order valence-corrected chi connectivity index (χ2v) is 4.12. The monoisotopic (exact) mass is 282 g/mol. The van der Waals surface area contributed by atoms with Crippen molar-refractivity contribution >= 4 is 11.5 Å². The highest BCUT2D eigenvalue weighted by molar-refractivity contribution is 5.60. The van der Waals surface area contributed by atoms with E-state index in [1.807, 2.05) is 12.1 Å². The number of hydrogen-bond acceptors (Lipinski definition) is 3. The molecule has 0 amide bonds. The van der Waals surface area contributed by atoms with Crippen molar-refractivity contribution in [3.63, 3.8) is 0 Å². The summed E-state index contributed by atoms with van der Waals surface area (Å²) in [6, 6.07) is 7.57. The highest BCUT2D eigenvalue weighted by atomic mass is 19.2. The van der Waals surface area contributed by atoms with Crippen LogP contribution in [0.1, 0.15) is 5.56 Å². The van der Waals surface area contributed by atoms with Crippen LogP contribution in [0.15, 0.2) is 30.3 Å². The van der Waals surface area contributed by atoms with Crippen LogP contribution in [-0.4, -0.2) is 18.7 Å². The van der Waals surface area contributed by atoms with Gasteiger partial charge in [-0.25, -0.2) is 8.78 Å². The second kappa shape index (κ2) is 6.38. The Balaban J connectivity index is 2.28. The smallest absolute Gasteiger partial charge is 0.251 e. The largest absolute Gasteiger partial charge is 0.384 e. The summed E-state index contributed by atoms with van der Waals surface area (Å²) in [5.74, 6) is -3.97. The second-order valence-electron chi connectivity index (χ2n) is 4.12. The Morgan fingerprint density at radius 3 is 2.65 bits per heavy atom. The number of nitrogens with zero attached hydrogens (tertiary/aromatic N) is 1. The molecule has 0 spiro atoms. The molecule has 3 nitrogen and oxygen atoms in total. The molecule has 0 aliphatic rings. The topological polar surface area (TPSA) is 34.1 Å². The number of para-hydroxylation sites is 1. The minimum absolute atomic E-state index is 0.353. The van der Waals surface area contributed by atoms with Gasteiger partial charge in [0.15, 0.2) is 17.5 Å². The van der Waals surface area contributed by atoms with Gasteiger partial charge in [-0.15, -0.1) is 0 Å². The Hall–Kier alpha value is -2.08. The molecule has 1 aromatic carbocycles. The van der Waals surface area contributed by atoms with E-state index in [1.165, 1.54) is 0 Å². The highest BCUT2D eigenvalue weighted by Crippen LogP contribution is 2.23. The van der Waals surface area contributed by atoms with Gasteiger partial charge in [-0.3, -0.25) is 0 Å². The summed E-state index contributed by atoms with van der Waals surface area (Å²) in [4.78, 5) is 3.23. The Kier molecular flexibility index (Phi) is 4.57. The van der Waals surface area contributed by atoms with E-state index in [1.54, 1.807) is 19.2 Å². The predicted molar refractivity (Wildman–Crippen MR) is 69.4 cm³/mol. The quantitative estimate of drug-likeness (QED) is 0.853. The van der Waals surface area contributed by atoms with Crippen molar-refractivity contribution in [3.8, 4) is 0 Å². The first-order valence-electron chi connectivity index (χ1n) is 5.97. The Bertz CT molecular complexity index is 605. The summed E-state index contributed by atoms with van der Waals surface area (Å²) in [7, 11) is 1.58. The van der Waals surface area contributed by atoms with Crippen LogP contribution in [0, 0.1) is 17.6 Å². The molecule has 0 aliphatic heterocycles. The zero-order chi connectivity index (χ0) is 14.5. The van der Waals surface area contributed by atoms with Gasteiger partial charge in [-0.2, -0.15) is 9.37 Å². The lowest BCUT2D eigenvalue weighted by molar-refractivity contribution is 0.202. The third-order valence-electron chi connectivity index (χ3n) is 2.73. The first-order valence-corrected chi connectivity index (χ1v) is 5.97. The van der Waals surface area contributed by atoms with Crippen molar-refractivity contribution in [3.05, 3.63) is 53.5 Å². The van der Waals surface area contributed by atoms with E-state index in [-0.39, 0.29) is 5.82 Å². The molecule has 20 heavy (non-hydrogen) atoms. The lowest BCUT2D eigenvalue weighted by atomic mass is 10.1. The van der Waals surface area contributed by atoms with E-state index in [0.717, 1.165) is 5.56 Å². The molecule has 1 N–H and O–H groups in total. The molecule has 2 rings (SSSR count). The third-order valence-corrected chi connectivity index (χ3v) is 2.73. The number of halogens is 3. The molecule has 1 aromatic heterocycles. The van der Waals surface area contributed by atoms with E-state index < -0.39 is 17.6 Å². The van der Waals surface area contributed by atoms with E-state index in [2.05, 4.69) is 10.3 Å². The maximum atomic E-state index is 13.5. The van der Waals surface area contributed by atoms with Crippen molar-refractivity contribution in [2.24, 2.45) is 0 Å². The van der Waals surface area contributed by atoms with E-state index in [0.29, 0.717) is 24.8 Å². The average molecular weight is 282 g/mol. The van der Waals surface area contributed by atoms with Crippen LogP contribution >= 0.6 is 0 Å². The number of nitrogens with one attached hydrogen (secondary N) is 1. The van der Waals surface area contributed by atoms with E-state index >= 15 is 0 Å². The molecule has 0 saturated carbocycles. The first-order chi connectivity index (χ1) is 9.61. The Morgan fingerprint density at radius 2 is 1.90 bits per heavy atom. The van der Waals surface area contributed by atoms with Gasteiger partial charge in [0.05, 0.1) is 6.61 Å². The zero-order valence-corrected chi connectivity index (χ0v) is 10.8. The minimum Gasteiger partial charge on any atom is -0.384 e. The van der Waals surface area contributed by atoms with Crippen LogP contribution in [0.5, 0.6) is 0 Å². The number of rotatable bonds is 5. The number of anilines is 2. The average Bonchev–Trinajstić information content (AvgIpc) is 2.44. The van der Waals surface area contributed by atoms with E-state index in [9.17, 15) is 13.2 Å². The summed E-state index contributed by atoms with van der Waals surface area (Å²) in [5.41, 5.74) is 1.43. The summed E-state index contributed by atoms with van der Waals surface area (Å²) < 4.78 is 44.4. The van der Waals surface area contributed by atoms with Crippen molar-refractivity contribution in [1.29, 1.82) is 0 Å². The number of aromatic nitrogens is 1. The normalized spacial score (nSPS) is 10.6. The van der Waals surface area contributed by atoms with Gasteiger partial charge in [0.25, 0.3) is 5.95 Å². The van der Waals surface area contributed by atoms with Gasteiger partial charge < -0.3 is 10.1 Å². The summed E-state index contributed by atoms with van der Waals surface area (Å²) in [6.45, 7) is 0.492. The number of ether oxygens (including phenoxy) is 1. The predicted octanol–water partition coefficient (Wildman–Crippen LogP) is 3.43. The fourth-order valence-electron chi connectivity index (χ4n) is 1.73. The molecule has 0 atom stereocenters. The Morgan fingerprint density at radius 1 is 1.15 bits per heavy atom. The number of methoxy groups -OCH3 is 1. The number of hydrogen-bond donors (Lipinski definition) is 1. The summed E-state index contributed by atoms with van der Waals surface area (Å²) in [5, 5.41) is 2.67. The summed E-state index contributed by atoms with van der Waals surface area (Å²) >= 11 is 0. The highest BCUT2D eigenvalue weighted by Gasteiger charge is 2.12. The van der Waals surface area contributed by atoms with Gasteiger partial charge >= 0.3 is 0 Å². The lowest BCUT2D eigenvalue weighted by Gasteiger charge is -2.12. The fourth-order valence-corrected chi connectivity index (χ4v) is 1.73. The summed E-state index contributed by atoms with van der Waals surface area (Å²) in [6.07, 6.45) is 0.602. The third kappa shape index (κ3) is 3.27. The molecule has 0 aliphatic carbocycles. The molecule has 6 heteroatoms. The molecular weight excluding hydrogens is 269 g/mol. The van der Waals surface area contributed by atoms with Gasteiger partial charge in [-0.05, 0) is 18.1 Å². The van der Waals surface area contributed by atoms with Crippen molar-refractivity contribution in [2.45, 2.75) is 6.42 Å². The van der Waals surface area contributed by atoms with Crippen molar-refractivity contribution in [1.82, 2.24) is 4.98 Å². The SMILES string of the molecule is COCCc1ccccc1Nc1nc(F)c(F)cc1F. The molecule has 2 aromatic rings. The van der Waals surface area contributed by atoms with Crippen LogP contribution in [0.3, 0.4) is 0 Å². The van der Waals surface area contributed by atoms with Gasteiger partial charge in [0.1, 0.15) is 0 Å². The van der Waals surface area contributed by atoms with Crippen LogP contribution in [0.4, 0.5) is 24.7 Å². The van der Waals surface area contributed by atoms with Crippen molar-refractivity contribution < 1.29 is 17.9 Å². The van der Waals surface area contributed by atoms with Crippen LogP contribution in [0.25, 0.3) is 0 Å². The van der Waals surface area contributed by atoms with Crippen molar-refractivity contribution in [2.75, 3.05) is 19.0 Å². The molecular formula is C14H13F3N2O. The van der Waals surface area contributed by atoms with E-state index in [4.69, 9.17) is 4.74 Å². The molecule has 0 saturated heterocycles. The lowest BCUT2D eigenvalue weighted by Crippen LogP contribution is -2.04. The maximum Gasteiger partial charge on any atom is 0.251 e. The molecule has 0 bridgehead atoms. The molecule has 0 radical (unpaired) electrons.